The molecule has 0 aliphatic rings. The lowest BCUT2D eigenvalue weighted by atomic mass is 9.77. The van der Waals surface area contributed by atoms with E-state index in [0.717, 1.165) is 0 Å². The number of hydrogen-bond donors (Lipinski definition) is 0. The average Bonchev–Trinajstić information content (AvgIpc) is 2.64. The molecule has 122 valence electrons. The van der Waals surface area contributed by atoms with Gasteiger partial charge >= 0.3 is 5.97 Å². The molecule has 0 aliphatic heterocycles. The monoisotopic (exact) mass is 321 g/mol. The van der Waals surface area contributed by atoms with E-state index in [1.54, 1.807) is 55.5 Å². The number of nitriles is 1. The molecule has 0 radical (unpaired) electrons. The van der Waals surface area contributed by atoms with Crippen LogP contribution < -0.4 is 0 Å². The van der Waals surface area contributed by atoms with Crippen LogP contribution in [0.25, 0.3) is 0 Å². The van der Waals surface area contributed by atoms with E-state index in [1.807, 2.05) is 12.1 Å². The number of ketones is 1. The van der Waals surface area contributed by atoms with Crippen molar-refractivity contribution in [2.75, 3.05) is 6.61 Å². The van der Waals surface area contributed by atoms with Crippen molar-refractivity contribution in [3.05, 3.63) is 71.8 Å². The first-order valence-corrected chi connectivity index (χ1v) is 7.86. The smallest absolute Gasteiger partial charge is 0.331 e. The van der Waals surface area contributed by atoms with Crippen molar-refractivity contribution < 1.29 is 14.3 Å². The summed E-state index contributed by atoms with van der Waals surface area (Å²) < 4.78 is 5.12. The second-order valence-corrected chi connectivity index (χ2v) is 5.39. The zero-order chi connectivity index (χ0) is 17.4. The number of carbonyl (C=O) groups is 2. The van der Waals surface area contributed by atoms with E-state index in [2.05, 4.69) is 6.07 Å². The fourth-order valence-corrected chi connectivity index (χ4v) is 2.58. The lowest BCUT2D eigenvalue weighted by Gasteiger charge is -2.24. The second-order valence-electron chi connectivity index (χ2n) is 5.39. The number of ether oxygens (including phenoxy) is 1. The number of esters is 1. The van der Waals surface area contributed by atoms with Crippen molar-refractivity contribution in [1.29, 1.82) is 5.26 Å². The maximum atomic E-state index is 12.5. The van der Waals surface area contributed by atoms with Gasteiger partial charge in [-0.05, 0) is 18.9 Å². The Morgan fingerprint density at radius 3 is 2.17 bits per heavy atom. The third-order valence-corrected chi connectivity index (χ3v) is 3.90. The highest BCUT2D eigenvalue weighted by Crippen LogP contribution is 2.31. The molecule has 2 aromatic rings. The molecule has 0 N–H and O–H groups in total. The molecule has 4 nitrogen and oxygen atoms in total. The molecule has 0 spiro atoms. The van der Waals surface area contributed by atoms with Gasteiger partial charge in [0.25, 0.3) is 0 Å². The zero-order valence-corrected chi connectivity index (χ0v) is 13.6. The molecule has 0 fully saturated rings. The second kappa shape index (κ2) is 8.07. The normalized spacial score (nSPS) is 12.7. The molecule has 0 saturated heterocycles. The number of rotatable bonds is 7. The quantitative estimate of drug-likeness (QED) is 0.576. The van der Waals surface area contributed by atoms with Gasteiger partial charge in [0, 0.05) is 12.0 Å². The molecular weight excluding hydrogens is 302 g/mol. The van der Waals surface area contributed by atoms with Crippen LogP contribution in [-0.4, -0.2) is 18.4 Å². The summed E-state index contributed by atoms with van der Waals surface area (Å²) in [5.74, 6) is -0.713. The van der Waals surface area contributed by atoms with E-state index in [0.29, 0.717) is 11.1 Å². The molecule has 0 saturated carbocycles. The van der Waals surface area contributed by atoms with Crippen molar-refractivity contribution in [2.24, 2.45) is 0 Å². The molecule has 0 aromatic heterocycles. The van der Waals surface area contributed by atoms with Crippen LogP contribution in [0.15, 0.2) is 60.7 Å². The van der Waals surface area contributed by atoms with Gasteiger partial charge in [0.2, 0.25) is 0 Å². The van der Waals surface area contributed by atoms with Gasteiger partial charge in [-0.25, -0.2) is 4.79 Å². The molecule has 1 atom stereocenters. The minimum absolute atomic E-state index is 0.0834. The molecule has 0 aliphatic carbocycles. The first-order valence-electron chi connectivity index (χ1n) is 7.86. The van der Waals surface area contributed by atoms with Crippen LogP contribution in [0.5, 0.6) is 0 Å². The van der Waals surface area contributed by atoms with Gasteiger partial charge in [0.1, 0.15) is 0 Å². The third-order valence-electron chi connectivity index (χ3n) is 3.90. The first-order chi connectivity index (χ1) is 11.6. The summed E-state index contributed by atoms with van der Waals surface area (Å²) >= 11 is 0. The SMILES string of the molecule is CCOC(=O)[C@@](C#N)(CCC(=O)c1ccccc1)c1ccccc1. The minimum Gasteiger partial charge on any atom is -0.465 e. The van der Waals surface area contributed by atoms with Crippen LogP contribution in [0.1, 0.15) is 35.7 Å². The Kier molecular flexibility index (Phi) is 5.86. The maximum Gasteiger partial charge on any atom is 0.331 e. The first kappa shape index (κ1) is 17.4. The fourth-order valence-electron chi connectivity index (χ4n) is 2.58. The molecule has 2 aromatic carbocycles. The highest BCUT2D eigenvalue weighted by molar-refractivity contribution is 5.97. The van der Waals surface area contributed by atoms with Gasteiger partial charge in [-0.1, -0.05) is 60.7 Å². The van der Waals surface area contributed by atoms with Gasteiger partial charge in [0.05, 0.1) is 12.7 Å². The van der Waals surface area contributed by atoms with Gasteiger partial charge in [0.15, 0.2) is 11.2 Å². The van der Waals surface area contributed by atoms with Crippen LogP contribution in [-0.2, 0) is 14.9 Å². The molecule has 0 amide bonds. The summed E-state index contributed by atoms with van der Waals surface area (Å²) in [7, 11) is 0. The Morgan fingerprint density at radius 1 is 1.04 bits per heavy atom. The Hall–Kier alpha value is -2.93. The van der Waals surface area contributed by atoms with E-state index in [9.17, 15) is 14.9 Å². The predicted octanol–water partition coefficient (Wildman–Crippen LogP) is 3.67. The highest BCUT2D eigenvalue weighted by Gasteiger charge is 2.42. The van der Waals surface area contributed by atoms with Crippen LogP contribution in [0.2, 0.25) is 0 Å². The van der Waals surface area contributed by atoms with E-state index < -0.39 is 11.4 Å². The Morgan fingerprint density at radius 2 is 1.62 bits per heavy atom. The Labute approximate surface area is 141 Å². The molecule has 24 heavy (non-hydrogen) atoms. The van der Waals surface area contributed by atoms with Gasteiger partial charge in [-0.2, -0.15) is 5.26 Å². The molecule has 4 heteroatoms. The third kappa shape index (κ3) is 3.69. The van der Waals surface area contributed by atoms with E-state index in [4.69, 9.17) is 4.74 Å². The van der Waals surface area contributed by atoms with Crippen molar-refractivity contribution in [1.82, 2.24) is 0 Å². The minimum atomic E-state index is -1.47. The summed E-state index contributed by atoms with van der Waals surface area (Å²) in [6.07, 6.45) is 0.172. The Balaban J connectivity index is 2.28. The highest BCUT2D eigenvalue weighted by atomic mass is 16.5. The molecule has 0 bridgehead atoms. The van der Waals surface area contributed by atoms with Crippen LogP contribution >= 0.6 is 0 Å². The van der Waals surface area contributed by atoms with Crippen LogP contribution in [0.3, 0.4) is 0 Å². The number of Topliss-reactive ketones (excluding diaryl/α,β-unsaturated/α-hetero) is 1. The summed E-state index contributed by atoms with van der Waals surface area (Å²) in [5.41, 5.74) is -0.352. The zero-order valence-electron chi connectivity index (χ0n) is 13.6. The summed E-state index contributed by atoms with van der Waals surface area (Å²) in [6.45, 7) is 1.88. The van der Waals surface area contributed by atoms with Gasteiger partial charge in [-0.15, -0.1) is 0 Å². The maximum absolute atomic E-state index is 12.5. The Bertz CT molecular complexity index is 734. The van der Waals surface area contributed by atoms with Crippen LogP contribution in [0, 0.1) is 11.3 Å². The lowest BCUT2D eigenvalue weighted by molar-refractivity contribution is -0.148. The van der Waals surface area contributed by atoms with Crippen molar-refractivity contribution in [3.63, 3.8) is 0 Å². The van der Waals surface area contributed by atoms with E-state index in [1.165, 1.54) is 0 Å². The van der Waals surface area contributed by atoms with Crippen molar-refractivity contribution in [2.45, 2.75) is 25.2 Å². The van der Waals surface area contributed by atoms with E-state index in [-0.39, 0.29) is 25.2 Å². The van der Waals surface area contributed by atoms with E-state index >= 15 is 0 Å². The lowest BCUT2D eigenvalue weighted by Crippen LogP contribution is -2.36. The molecule has 2 rings (SSSR count). The fraction of sp³-hybridized carbons (Fsp3) is 0.250. The van der Waals surface area contributed by atoms with Crippen LogP contribution in [0.4, 0.5) is 0 Å². The van der Waals surface area contributed by atoms with Gasteiger partial charge < -0.3 is 4.74 Å². The average molecular weight is 321 g/mol. The standard InChI is InChI=1S/C20H19NO3/c1-2-24-19(23)20(15-21,17-11-7-4-8-12-17)14-13-18(22)16-9-5-3-6-10-16/h3-12H,2,13-14H2,1H3/t20-/m1/s1. The summed E-state index contributed by atoms with van der Waals surface area (Å²) in [5, 5.41) is 9.75. The number of nitrogens with zero attached hydrogens (tertiary/aromatic N) is 1. The van der Waals surface area contributed by atoms with Crippen molar-refractivity contribution in [3.8, 4) is 6.07 Å². The number of carbonyl (C=O) groups excluding carboxylic acids is 2. The molecule has 0 unspecified atom stereocenters. The summed E-state index contributed by atoms with van der Waals surface area (Å²) in [4.78, 5) is 24.8. The van der Waals surface area contributed by atoms with Crippen molar-refractivity contribution >= 4 is 11.8 Å². The predicted molar refractivity (Wildman–Crippen MR) is 90.4 cm³/mol. The molecule has 0 heterocycles. The topological polar surface area (TPSA) is 67.2 Å². The largest absolute Gasteiger partial charge is 0.465 e. The number of hydrogen-bond acceptors (Lipinski definition) is 4. The number of benzene rings is 2. The summed E-state index contributed by atoms with van der Waals surface area (Å²) in [6, 6.07) is 19.7. The molecular formula is C20H19NO3. The van der Waals surface area contributed by atoms with Gasteiger partial charge in [-0.3, -0.25) is 4.79 Å².